The van der Waals surface area contributed by atoms with Gasteiger partial charge < -0.3 is 10.1 Å². The fourth-order valence-corrected chi connectivity index (χ4v) is 4.29. The van der Waals surface area contributed by atoms with Gasteiger partial charge in [0, 0.05) is 24.0 Å². The molecule has 132 valence electrons. The van der Waals surface area contributed by atoms with Crippen molar-refractivity contribution in [2.75, 3.05) is 39.6 Å². The lowest BCUT2D eigenvalue weighted by molar-refractivity contribution is 0.0577. The van der Waals surface area contributed by atoms with E-state index in [1.165, 1.54) is 0 Å². The van der Waals surface area contributed by atoms with E-state index in [1.54, 1.807) is 31.0 Å². The Bertz CT molecular complexity index is 567. The zero-order valence-corrected chi connectivity index (χ0v) is 16.0. The molecule has 23 heavy (non-hydrogen) atoms. The predicted octanol–water partition coefficient (Wildman–Crippen LogP) is 2.12. The highest BCUT2D eigenvalue weighted by Crippen LogP contribution is 2.29. The molecule has 0 unspecified atom stereocenters. The van der Waals surface area contributed by atoms with Crippen LogP contribution in [0.3, 0.4) is 0 Å². The summed E-state index contributed by atoms with van der Waals surface area (Å²) in [6.45, 7) is 2.78. The minimum absolute atomic E-state index is 0. The second kappa shape index (κ2) is 9.25. The van der Waals surface area contributed by atoms with Gasteiger partial charge in [-0.1, -0.05) is 0 Å². The van der Waals surface area contributed by atoms with E-state index in [1.807, 2.05) is 18.4 Å². The number of piperidine rings is 1. The number of thioether (sulfide) groups is 1. The van der Waals surface area contributed by atoms with Crippen molar-refractivity contribution < 1.29 is 13.2 Å². The van der Waals surface area contributed by atoms with Gasteiger partial charge in [0.2, 0.25) is 10.0 Å². The van der Waals surface area contributed by atoms with Crippen molar-refractivity contribution in [3.63, 3.8) is 0 Å². The second-order valence-corrected chi connectivity index (χ2v) is 8.33. The molecule has 1 heterocycles. The summed E-state index contributed by atoms with van der Waals surface area (Å²) in [5, 5.41) is 3.30. The van der Waals surface area contributed by atoms with Gasteiger partial charge in [-0.3, -0.25) is 0 Å². The summed E-state index contributed by atoms with van der Waals surface area (Å²) in [7, 11) is -1.81. The van der Waals surface area contributed by atoms with Crippen LogP contribution in [0.25, 0.3) is 0 Å². The van der Waals surface area contributed by atoms with Crippen LogP contribution >= 0.6 is 24.2 Å². The van der Waals surface area contributed by atoms with E-state index < -0.39 is 10.0 Å². The Hall–Kier alpha value is -0.310. The Labute approximate surface area is 149 Å². The van der Waals surface area contributed by atoms with Crippen LogP contribution in [-0.2, 0) is 14.8 Å². The van der Waals surface area contributed by atoms with E-state index in [0.717, 1.165) is 30.8 Å². The van der Waals surface area contributed by atoms with Gasteiger partial charge in [0.05, 0.1) is 11.5 Å². The lowest BCUT2D eigenvalue weighted by atomic mass is 9.80. The van der Waals surface area contributed by atoms with E-state index in [4.69, 9.17) is 4.74 Å². The van der Waals surface area contributed by atoms with Crippen molar-refractivity contribution in [1.29, 1.82) is 0 Å². The number of nitrogens with one attached hydrogen (secondary N) is 2. The molecule has 0 atom stereocenters. The number of hydrogen-bond donors (Lipinski definition) is 2. The highest BCUT2D eigenvalue weighted by Gasteiger charge is 2.33. The Morgan fingerprint density at radius 1 is 1.26 bits per heavy atom. The number of benzene rings is 1. The van der Waals surface area contributed by atoms with E-state index in [0.29, 0.717) is 18.0 Å². The third kappa shape index (κ3) is 5.62. The molecule has 1 aliphatic heterocycles. The van der Waals surface area contributed by atoms with E-state index in [2.05, 4.69) is 10.0 Å². The number of rotatable bonds is 7. The Kier molecular flexibility index (Phi) is 8.33. The van der Waals surface area contributed by atoms with E-state index >= 15 is 0 Å². The molecule has 1 aliphatic rings. The van der Waals surface area contributed by atoms with Crippen LogP contribution in [0.5, 0.6) is 0 Å². The monoisotopic (exact) mass is 380 g/mol. The van der Waals surface area contributed by atoms with Gasteiger partial charge in [0.25, 0.3) is 0 Å². The first-order valence-corrected chi connectivity index (χ1v) is 10.1. The van der Waals surface area contributed by atoms with Crippen LogP contribution < -0.4 is 10.0 Å². The largest absolute Gasteiger partial charge is 0.384 e. The van der Waals surface area contributed by atoms with Crippen LogP contribution in [0.4, 0.5) is 0 Å². The normalized spacial score (nSPS) is 17.5. The molecule has 1 aromatic carbocycles. The van der Waals surface area contributed by atoms with Gasteiger partial charge in [-0.2, -0.15) is 0 Å². The van der Waals surface area contributed by atoms with Gasteiger partial charge in [-0.25, -0.2) is 13.1 Å². The number of sulfonamides is 1. The molecule has 0 aliphatic carbocycles. The Morgan fingerprint density at radius 2 is 1.87 bits per heavy atom. The zero-order valence-electron chi connectivity index (χ0n) is 13.5. The zero-order chi connectivity index (χ0) is 16.1. The van der Waals surface area contributed by atoms with Gasteiger partial charge in [-0.15, -0.1) is 24.2 Å². The smallest absolute Gasteiger partial charge is 0.240 e. The molecule has 0 spiro atoms. The highest BCUT2D eigenvalue weighted by atomic mass is 35.5. The first kappa shape index (κ1) is 20.7. The number of methoxy groups -OCH3 is 1. The fraction of sp³-hybridized carbons (Fsp3) is 0.600. The minimum atomic E-state index is -3.48. The van der Waals surface area contributed by atoms with Gasteiger partial charge in [-0.05, 0) is 56.5 Å². The molecule has 0 radical (unpaired) electrons. The SMILES string of the molecule is COCC1(CNS(=O)(=O)c2ccc(SC)cc2)CCNCC1.Cl. The van der Waals surface area contributed by atoms with Crippen molar-refractivity contribution in [2.24, 2.45) is 5.41 Å². The van der Waals surface area contributed by atoms with Gasteiger partial charge in [0.15, 0.2) is 0 Å². The van der Waals surface area contributed by atoms with E-state index in [9.17, 15) is 8.42 Å². The molecular weight excluding hydrogens is 356 g/mol. The first-order valence-electron chi connectivity index (χ1n) is 7.35. The number of halogens is 1. The number of ether oxygens (including phenoxy) is 1. The van der Waals surface area contributed by atoms with Crippen LogP contribution in [0.1, 0.15) is 12.8 Å². The molecule has 1 aromatic rings. The minimum Gasteiger partial charge on any atom is -0.384 e. The summed E-state index contributed by atoms with van der Waals surface area (Å²) in [5.41, 5.74) is -0.119. The fourth-order valence-electron chi connectivity index (χ4n) is 2.72. The molecule has 0 aromatic heterocycles. The van der Waals surface area contributed by atoms with Gasteiger partial charge in [0.1, 0.15) is 0 Å². The highest BCUT2D eigenvalue weighted by molar-refractivity contribution is 7.98. The molecule has 5 nitrogen and oxygen atoms in total. The van der Waals surface area contributed by atoms with Crippen LogP contribution in [0.15, 0.2) is 34.1 Å². The summed E-state index contributed by atoms with van der Waals surface area (Å²) < 4.78 is 33.0. The van der Waals surface area contributed by atoms with Crippen LogP contribution in [-0.4, -0.2) is 48.0 Å². The van der Waals surface area contributed by atoms with E-state index in [-0.39, 0.29) is 17.8 Å². The maximum absolute atomic E-state index is 12.4. The van der Waals surface area contributed by atoms with Crippen LogP contribution in [0.2, 0.25) is 0 Å². The summed E-state index contributed by atoms with van der Waals surface area (Å²) in [4.78, 5) is 1.36. The average Bonchev–Trinajstić information content (AvgIpc) is 2.54. The summed E-state index contributed by atoms with van der Waals surface area (Å²) in [5.74, 6) is 0. The quantitative estimate of drug-likeness (QED) is 0.709. The second-order valence-electron chi connectivity index (χ2n) is 5.68. The molecule has 1 fully saturated rings. The standard InChI is InChI=1S/C15H24N2O3S2.ClH/c1-20-12-15(7-9-16-10-8-15)11-17-22(18,19)14-5-3-13(21-2)4-6-14;/h3-6,16-17H,7-12H2,1-2H3;1H. The molecular formula is C15H25ClN2O3S2. The lowest BCUT2D eigenvalue weighted by Crippen LogP contribution is -2.47. The molecule has 8 heteroatoms. The van der Waals surface area contributed by atoms with Gasteiger partial charge >= 0.3 is 0 Å². The third-order valence-electron chi connectivity index (χ3n) is 4.12. The molecule has 0 bridgehead atoms. The van der Waals surface area contributed by atoms with Crippen molar-refractivity contribution in [1.82, 2.24) is 10.0 Å². The Morgan fingerprint density at radius 3 is 2.39 bits per heavy atom. The predicted molar refractivity (Wildman–Crippen MR) is 97.1 cm³/mol. The molecule has 2 N–H and O–H groups in total. The molecule has 1 saturated heterocycles. The molecule has 0 amide bonds. The Balaban J connectivity index is 0.00000264. The molecule has 2 rings (SSSR count). The number of hydrogen-bond acceptors (Lipinski definition) is 5. The summed E-state index contributed by atoms with van der Waals surface area (Å²) >= 11 is 1.59. The lowest BCUT2D eigenvalue weighted by Gasteiger charge is -2.37. The van der Waals surface area contributed by atoms with Crippen LogP contribution in [0, 0.1) is 5.41 Å². The first-order chi connectivity index (χ1) is 10.5. The third-order valence-corrected chi connectivity index (χ3v) is 6.28. The van der Waals surface area contributed by atoms with Crippen molar-refractivity contribution in [3.05, 3.63) is 24.3 Å². The average molecular weight is 381 g/mol. The summed E-state index contributed by atoms with van der Waals surface area (Å²) in [6.07, 6.45) is 3.79. The maximum atomic E-state index is 12.4. The maximum Gasteiger partial charge on any atom is 0.240 e. The topological polar surface area (TPSA) is 67.4 Å². The van der Waals surface area contributed by atoms with Crippen molar-refractivity contribution in [3.8, 4) is 0 Å². The van der Waals surface area contributed by atoms with Crippen molar-refractivity contribution >= 4 is 34.2 Å². The summed E-state index contributed by atoms with van der Waals surface area (Å²) in [6, 6.07) is 6.96. The van der Waals surface area contributed by atoms with Crippen molar-refractivity contribution in [2.45, 2.75) is 22.6 Å². The molecule has 0 saturated carbocycles.